The van der Waals surface area contributed by atoms with Crippen molar-refractivity contribution >= 4 is 5.78 Å². The molecule has 1 heterocycles. The molecular formula is C16H17N3O. The Labute approximate surface area is 118 Å². The molecule has 0 saturated heterocycles. The van der Waals surface area contributed by atoms with Crippen molar-refractivity contribution in [2.75, 3.05) is 0 Å². The van der Waals surface area contributed by atoms with Crippen LogP contribution in [0.2, 0.25) is 0 Å². The molecule has 102 valence electrons. The molecule has 0 aliphatic heterocycles. The van der Waals surface area contributed by atoms with Crippen LogP contribution < -0.4 is 0 Å². The highest BCUT2D eigenvalue weighted by atomic mass is 16.1. The van der Waals surface area contributed by atoms with E-state index >= 15 is 0 Å². The van der Waals surface area contributed by atoms with Crippen LogP contribution in [0.25, 0.3) is 0 Å². The summed E-state index contributed by atoms with van der Waals surface area (Å²) in [7, 11) is 1.91. The number of nitrogens with zero attached hydrogens (tertiary/aromatic N) is 3. The summed E-state index contributed by atoms with van der Waals surface area (Å²) in [4.78, 5) is 16.3. The zero-order valence-corrected chi connectivity index (χ0v) is 11.7. The van der Waals surface area contributed by atoms with Gasteiger partial charge in [0.05, 0.1) is 6.07 Å². The lowest BCUT2D eigenvalue weighted by atomic mass is 9.75. The zero-order chi connectivity index (χ0) is 14.6. The van der Waals surface area contributed by atoms with Gasteiger partial charge in [0.25, 0.3) is 0 Å². The fourth-order valence-electron chi connectivity index (χ4n) is 2.38. The van der Waals surface area contributed by atoms with Gasteiger partial charge in [-0.05, 0) is 18.9 Å². The lowest BCUT2D eigenvalue weighted by Gasteiger charge is -2.24. The van der Waals surface area contributed by atoms with Crippen LogP contribution in [0.3, 0.4) is 0 Å². The normalized spacial score (nSPS) is 13.4. The first-order chi connectivity index (χ1) is 9.60. The van der Waals surface area contributed by atoms with Crippen LogP contribution in [0.1, 0.15) is 24.7 Å². The molecule has 0 aliphatic rings. The Balaban J connectivity index is 2.32. The minimum atomic E-state index is -1.09. The van der Waals surface area contributed by atoms with Crippen molar-refractivity contribution in [2.45, 2.75) is 25.2 Å². The number of imidazole rings is 1. The van der Waals surface area contributed by atoms with Gasteiger partial charge in [0.1, 0.15) is 11.2 Å². The van der Waals surface area contributed by atoms with Gasteiger partial charge in [-0.2, -0.15) is 5.26 Å². The second-order valence-corrected chi connectivity index (χ2v) is 4.89. The SMILES string of the molecule is CC(=O)C(C#N)(CCc1nccn1C)c1ccccc1. The third-order valence-corrected chi connectivity index (χ3v) is 3.70. The average Bonchev–Trinajstić information content (AvgIpc) is 2.86. The minimum Gasteiger partial charge on any atom is -0.338 e. The largest absolute Gasteiger partial charge is 0.338 e. The number of hydrogen-bond acceptors (Lipinski definition) is 3. The van der Waals surface area contributed by atoms with Crippen LogP contribution >= 0.6 is 0 Å². The number of aryl methyl sites for hydroxylation is 2. The van der Waals surface area contributed by atoms with Gasteiger partial charge in [-0.1, -0.05) is 30.3 Å². The second-order valence-electron chi connectivity index (χ2n) is 4.89. The van der Waals surface area contributed by atoms with Crippen LogP contribution in [0.5, 0.6) is 0 Å². The van der Waals surface area contributed by atoms with Crippen molar-refractivity contribution in [3.05, 3.63) is 54.1 Å². The molecular weight excluding hydrogens is 250 g/mol. The van der Waals surface area contributed by atoms with Crippen molar-refractivity contribution < 1.29 is 4.79 Å². The van der Waals surface area contributed by atoms with E-state index in [1.807, 2.05) is 48.1 Å². The van der Waals surface area contributed by atoms with Crippen LogP contribution in [0.15, 0.2) is 42.7 Å². The van der Waals surface area contributed by atoms with Crippen molar-refractivity contribution in [1.29, 1.82) is 5.26 Å². The molecule has 0 bridgehead atoms. The van der Waals surface area contributed by atoms with Gasteiger partial charge in [0, 0.05) is 25.9 Å². The summed E-state index contributed by atoms with van der Waals surface area (Å²) in [5.41, 5.74) is -0.336. The number of Topliss-reactive ketones (excluding diaryl/α,β-unsaturated/α-hetero) is 1. The lowest BCUT2D eigenvalue weighted by Crippen LogP contribution is -2.33. The lowest BCUT2D eigenvalue weighted by molar-refractivity contribution is -0.120. The molecule has 1 aromatic carbocycles. The maximum atomic E-state index is 12.1. The molecule has 1 atom stereocenters. The van der Waals surface area contributed by atoms with Crippen molar-refractivity contribution in [3.63, 3.8) is 0 Å². The van der Waals surface area contributed by atoms with E-state index in [1.165, 1.54) is 6.92 Å². The highest BCUT2D eigenvalue weighted by Crippen LogP contribution is 2.30. The first kappa shape index (κ1) is 14.0. The fourth-order valence-corrected chi connectivity index (χ4v) is 2.38. The Bertz CT molecular complexity index is 639. The number of ketones is 1. The molecule has 4 heteroatoms. The summed E-state index contributed by atoms with van der Waals surface area (Å²) < 4.78 is 1.91. The van der Waals surface area contributed by atoms with E-state index in [-0.39, 0.29) is 5.78 Å². The molecule has 4 nitrogen and oxygen atoms in total. The molecule has 0 aliphatic carbocycles. The van der Waals surface area contributed by atoms with Gasteiger partial charge >= 0.3 is 0 Å². The minimum absolute atomic E-state index is 0.125. The number of benzene rings is 1. The quantitative estimate of drug-likeness (QED) is 0.835. The molecule has 0 saturated carbocycles. The molecule has 0 amide bonds. The first-order valence-corrected chi connectivity index (χ1v) is 6.54. The smallest absolute Gasteiger partial charge is 0.154 e. The summed E-state index contributed by atoms with van der Waals surface area (Å²) in [6, 6.07) is 11.5. The Hall–Kier alpha value is -2.41. The summed E-state index contributed by atoms with van der Waals surface area (Å²) >= 11 is 0. The highest BCUT2D eigenvalue weighted by molar-refractivity contribution is 5.91. The van der Waals surface area contributed by atoms with Gasteiger partial charge in [0.15, 0.2) is 5.78 Å². The van der Waals surface area contributed by atoms with Crippen molar-refractivity contribution in [2.24, 2.45) is 7.05 Å². The number of nitriles is 1. The Morgan fingerprint density at radius 1 is 1.40 bits per heavy atom. The molecule has 20 heavy (non-hydrogen) atoms. The van der Waals surface area contributed by atoms with Gasteiger partial charge in [-0.3, -0.25) is 4.79 Å². The molecule has 1 unspecified atom stereocenters. The van der Waals surface area contributed by atoms with E-state index in [1.54, 1.807) is 6.20 Å². The third kappa shape index (κ3) is 2.48. The highest BCUT2D eigenvalue weighted by Gasteiger charge is 2.37. The predicted molar refractivity (Wildman–Crippen MR) is 75.9 cm³/mol. The van der Waals surface area contributed by atoms with Crippen molar-refractivity contribution in [3.8, 4) is 6.07 Å². The monoisotopic (exact) mass is 267 g/mol. The van der Waals surface area contributed by atoms with Gasteiger partial charge in [0.2, 0.25) is 0 Å². The molecule has 0 radical (unpaired) electrons. The van der Waals surface area contributed by atoms with E-state index < -0.39 is 5.41 Å². The van der Waals surface area contributed by atoms with E-state index in [0.29, 0.717) is 12.8 Å². The summed E-state index contributed by atoms with van der Waals surface area (Å²) in [6.07, 6.45) is 4.61. The summed E-state index contributed by atoms with van der Waals surface area (Å²) in [5.74, 6) is 0.752. The molecule has 0 spiro atoms. The number of rotatable bonds is 5. The third-order valence-electron chi connectivity index (χ3n) is 3.70. The van der Waals surface area contributed by atoms with Crippen LogP contribution in [-0.2, 0) is 23.7 Å². The fraction of sp³-hybridized carbons (Fsp3) is 0.312. The van der Waals surface area contributed by atoms with E-state index in [2.05, 4.69) is 11.1 Å². The van der Waals surface area contributed by atoms with Gasteiger partial charge in [-0.15, -0.1) is 0 Å². The predicted octanol–water partition coefficient (Wildman–Crippen LogP) is 2.40. The van der Waals surface area contributed by atoms with E-state index in [0.717, 1.165) is 11.4 Å². The number of carbonyl (C=O) groups is 1. The van der Waals surface area contributed by atoms with Crippen LogP contribution in [0.4, 0.5) is 0 Å². The van der Waals surface area contributed by atoms with Gasteiger partial charge in [-0.25, -0.2) is 4.98 Å². The van der Waals surface area contributed by atoms with Crippen LogP contribution in [0, 0.1) is 11.3 Å². The van der Waals surface area contributed by atoms with Crippen molar-refractivity contribution in [1.82, 2.24) is 9.55 Å². The molecule has 1 aromatic heterocycles. The molecule has 0 N–H and O–H groups in total. The summed E-state index contributed by atoms with van der Waals surface area (Å²) in [6.45, 7) is 1.48. The maximum absolute atomic E-state index is 12.1. The maximum Gasteiger partial charge on any atom is 0.154 e. The first-order valence-electron chi connectivity index (χ1n) is 6.54. The Morgan fingerprint density at radius 2 is 2.10 bits per heavy atom. The molecule has 0 fully saturated rings. The number of aromatic nitrogens is 2. The average molecular weight is 267 g/mol. The zero-order valence-electron chi connectivity index (χ0n) is 11.7. The molecule has 2 aromatic rings. The van der Waals surface area contributed by atoms with E-state index in [9.17, 15) is 10.1 Å². The number of hydrogen-bond donors (Lipinski definition) is 0. The standard InChI is InChI=1S/C16H17N3O/c1-13(20)16(12-17,14-6-4-3-5-7-14)9-8-15-18-10-11-19(15)2/h3-7,10-11H,8-9H2,1-2H3. The second kappa shape index (κ2) is 5.70. The number of carbonyl (C=O) groups excluding carboxylic acids is 1. The Kier molecular flexibility index (Phi) is 3.99. The summed E-state index contributed by atoms with van der Waals surface area (Å²) in [5, 5.41) is 9.60. The topological polar surface area (TPSA) is 58.7 Å². The Morgan fingerprint density at radius 3 is 2.60 bits per heavy atom. The van der Waals surface area contributed by atoms with Crippen LogP contribution in [-0.4, -0.2) is 15.3 Å². The van der Waals surface area contributed by atoms with E-state index in [4.69, 9.17) is 0 Å². The molecule has 2 rings (SSSR count). The van der Waals surface area contributed by atoms with Gasteiger partial charge < -0.3 is 4.57 Å².